The van der Waals surface area contributed by atoms with Gasteiger partial charge in [0.15, 0.2) is 0 Å². The molecule has 1 aromatic heterocycles. The number of non-ortho nitro benzene ring substituents is 1. The molecule has 3 rings (SSSR count). The molecule has 0 radical (unpaired) electrons. The minimum absolute atomic E-state index is 0.0948. The summed E-state index contributed by atoms with van der Waals surface area (Å²) in [7, 11) is 0. The fourth-order valence-electron chi connectivity index (χ4n) is 2.13. The van der Waals surface area contributed by atoms with Crippen molar-refractivity contribution in [3.05, 3.63) is 58.3 Å². The Balaban J connectivity index is 2.43. The number of fused-ring (bicyclic) bond motifs is 3. The van der Waals surface area contributed by atoms with Gasteiger partial charge in [0.25, 0.3) is 5.69 Å². The van der Waals surface area contributed by atoms with Crippen LogP contribution in [-0.4, -0.2) is 9.91 Å². The second kappa shape index (κ2) is 3.77. The van der Waals surface area contributed by atoms with Crippen molar-refractivity contribution in [1.82, 2.24) is 4.98 Å². The molecule has 0 amide bonds. The number of rotatable bonds is 1. The molecule has 0 bridgehead atoms. The molecule has 0 spiro atoms. The predicted octanol–water partition coefficient (Wildman–Crippen LogP) is 3.60. The van der Waals surface area contributed by atoms with Gasteiger partial charge >= 0.3 is 0 Å². The van der Waals surface area contributed by atoms with E-state index in [2.05, 4.69) is 4.98 Å². The maximum atomic E-state index is 10.8. The van der Waals surface area contributed by atoms with Crippen molar-refractivity contribution in [3.63, 3.8) is 0 Å². The lowest BCUT2D eigenvalue weighted by Crippen LogP contribution is -1.89. The van der Waals surface area contributed by atoms with Crippen LogP contribution < -0.4 is 0 Å². The third-order valence-electron chi connectivity index (χ3n) is 3.00. The average molecular weight is 238 g/mol. The van der Waals surface area contributed by atoms with Crippen molar-refractivity contribution in [2.24, 2.45) is 0 Å². The van der Waals surface area contributed by atoms with Crippen LogP contribution in [0.1, 0.15) is 5.56 Å². The van der Waals surface area contributed by atoms with Crippen LogP contribution in [0.3, 0.4) is 0 Å². The van der Waals surface area contributed by atoms with Crippen LogP contribution in [0, 0.1) is 17.0 Å². The first kappa shape index (κ1) is 10.7. The Morgan fingerprint density at radius 1 is 1.11 bits per heavy atom. The topological polar surface area (TPSA) is 56.0 Å². The molecule has 0 unspecified atom stereocenters. The number of nitrogens with zero attached hydrogens (tertiary/aromatic N) is 2. The van der Waals surface area contributed by atoms with Gasteiger partial charge in [-0.05, 0) is 30.0 Å². The van der Waals surface area contributed by atoms with E-state index in [1.807, 2.05) is 25.1 Å². The number of benzene rings is 2. The summed E-state index contributed by atoms with van der Waals surface area (Å²) in [5.41, 5.74) is 1.98. The van der Waals surface area contributed by atoms with Gasteiger partial charge in [-0.2, -0.15) is 0 Å². The quantitative estimate of drug-likeness (QED) is 0.369. The van der Waals surface area contributed by atoms with Crippen molar-refractivity contribution in [2.45, 2.75) is 6.92 Å². The zero-order chi connectivity index (χ0) is 12.7. The van der Waals surface area contributed by atoms with Gasteiger partial charge in [-0.15, -0.1) is 0 Å². The molecule has 0 saturated heterocycles. The van der Waals surface area contributed by atoms with Gasteiger partial charge in [0.1, 0.15) is 0 Å². The highest BCUT2D eigenvalue weighted by atomic mass is 16.6. The number of aromatic nitrogens is 1. The molecule has 3 aromatic rings. The molecule has 1 heterocycles. The van der Waals surface area contributed by atoms with Crippen LogP contribution in [0.15, 0.2) is 42.6 Å². The highest BCUT2D eigenvalue weighted by Gasteiger charge is 2.09. The van der Waals surface area contributed by atoms with E-state index in [1.165, 1.54) is 6.07 Å². The molecule has 18 heavy (non-hydrogen) atoms. The van der Waals surface area contributed by atoms with Gasteiger partial charge in [-0.25, -0.2) is 0 Å². The zero-order valence-corrected chi connectivity index (χ0v) is 9.75. The Bertz CT molecular complexity index is 781. The number of pyridine rings is 1. The SMILES string of the molecule is Cc1cnc2c(ccc3ccc([N+](=O)[O-])cc32)c1. The predicted molar refractivity (Wildman–Crippen MR) is 70.6 cm³/mol. The van der Waals surface area contributed by atoms with Crippen LogP contribution in [-0.2, 0) is 0 Å². The normalized spacial score (nSPS) is 10.9. The summed E-state index contributed by atoms with van der Waals surface area (Å²) in [5, 5.41) is 13.6. The summed E-state index contributed by atoms with van der Waals surface area (Å²) >= 11 is 0. The standard InChI is InChI=1S/C14H10N2O2/c1-9-6-11-3-2-10-4-5-12(16(17)18)7-13(10)14(11)15-8-9/h2-8H,1H3. The molecule has 0 saturated carbocycles. The van der Waals surface area contributed by atoms with Crippen molar-refractivity contribution in [3.8, 4) is 0 Å². The molecule has 4 heteroatoms. The lowest BCUT2D eigenvalue weighted by Gasteiger charge is -2.03. The summed E-state index contributed by atoms with van der Waals surface area (Å²) in [6.45, 7) is 1.98. The maximum Gasteiger partial charge on any atom is 0.270 e. The third kappa shape index (κ3) is 1.59. The second-order valence-corrected chi connectivity index (χ2v) is 4.31. The van der Waals surface area contributed by atoms with Crippen LogP contribution in [0.2, 0.25) is 0 Å². The molecule has 4 nitrogen and oxygen atoms in total. The van der Waals surface area contributed by atoms with Gasteiger partial charge < -0.3 is 0 Å². The monoisotopic (exact) mass is 238 g/mol. The molecule has 0 atom stereocenters. The van der Waals surface area contributed by atoms with Crippen LogP contribution in [0.5, 0.6) is 0 Å². The highest BCUT2D eigenvalue weighted by molar-refractivity contribution is 6.05. The third-order valence-corrected chi connectivity index (χ3v) is 3.00. The molecule has 2 aromatic carbocycles. The molecule has 0 aliphatic heterocycles. The molecule has 88 valence electrons. The Morgan fingerprint density at radius 2 is 1.83 bits per heavy atom. The van der Waals surface area contributed by atoms with Crippen LogP contribution >= 0.6 is 0 Å². The number of hydrogen-bond acceptors (Lipinski definition) is 3. The van der Waals surface area contributed by atoms with Gasteiger partial charge in [0.05, 0.1) is 10.4 Å². The first-order valence-corrected chi connectivity index (χ1v) is 5.59. The van der Waals surface area contributed by atoms with Crippen molar-refractivity contribution >= 4 is 27.4 Å². The Kier molecular flexibility index (Phi) is 2.23. The van der Waals surface area contributed by atoms with Crippen LogP contribution in [0.4, 0.5) is 5.69 Å². The number of aryl methyl sites for hydroxylation is 1. The van der Waals surface area contributed by atoms with Gasteiger partial charge in [-0.3, -0.25) is 15.1 Å². The number of nitro benzene ring substituents is 1. The van der Waals surface area contributed by atoms with E-state index in [-0.39, 0.29) is 10.6 Å². The van der Waals surface area contributed by atoms with E-state index < -0.39 is 0 Å². The van der Waals surface area contributed by atoms with E-state index in [0.717, 1.165) is 27.2 Å². The zero-order valence-electron chi connectivity index (χ0n) is 9.75. The summed E-state index contributed by atoms with van der Waals surface area (Å²) in [5.74, 6) is 0. The Morgan fingerprint density at radius 3 is 2.61 bits per heavy atom. The largest absolute Gasteiger partial charge is 0.270 e. The highest BCUT2D eigenvalue weighted by Crippen LogP contribution is 2.27. The van der Waals surface area contributed by atoms with Crippen molar-refractivity contribution < 1.29 is 4.92 Å². The van der Waals surface area contributed by atoms with E-state index >= 15 is 0 Å². The van der Waals surface area contributed by atoms with Crippen LogP contribution in [0.25, 0.3) is 21.7 Å². The van der Waals surface area contributed by atoms with E-state index in [1.54, 1.807) is 18.3 Å². The minimum atomic E-state index is -0.382. The van der Waals surface area contributed by atoms with E-state index in [4.69, 9.17) is 0 Å². The van der Waals surface area contributed by atoms with Crippen molar-refractivity contribution in [1.29, 1.82) is 0 Å². The first-order valence-electron chi connectivity index (χ1n) is 5.59. The van der Waals surface area contributed by atoms with Crippen molar-refractivity contribution in [2.75, 3.05) is 0 Å². The summed E-state index contributed by atoms with van der Waals surface area (Å²) in [6.07, 6.45) is 1.78. The number of nitro groups is 1. The molecule has 0 N–H and O–H groups in total. The first-order chi connectivity index (χ1) is 8.65. The van der Waals surface area contributed by atoms with Gasteiger partial charge in [0.2, 0.25) is 0 Å². The molecule has 0 fully saturated rings. The lowest BCUT2D eigenvalue weighted by molar-refractivity contribution is -0.384. The smallest absolute Gasteiger partial charge is 0.258 e. The summed E-state index contributed by atoms with van der Waals surface area (Å²) in [4.78, 5) is 14.8. The van der Waals surface area contributed by atoms with Gasteiger partial charge in [0, 0.05) is 29.1 Å². The fourth-order valence-corrected chi connectivity index (χ4v) is 2.13. The average Bonchev–Trinajstić information content (AvgIpc) is 2.37. The van der Waals surface area contributed by atoms with E-state index in [0.29, 0.717) is 0 Å². The number of hydrogen-bond donors (Lipinski definition) is 0. The second-order valence-electron chi connectivity index (χ2n) is 4.31. The summed E-state index contributed by atoms with van der Waals surface area (Å²) < 4.78 is 0. The lowest BCUT2D eigenvalue weighted by atomic mass is 10.0. The molecule has 0 aliphatic carbocycles. The molecular weight excluding hydrogens is 228 g/mol. The fraction of sp³-hybridized carbons (Fsp3) is 0.0714. The maximum absolute atomic E-state index is 10.8. The molecular formula is C14H10N2O2. The molecule has 0 aliphatic rings. The van der Waals surface area contributed by atoms with E-state index in [9.17, 15) is 10.1 Å². The Hall–Kier alpha value is -2.49. The Labute approximate surface area is 103 Å². The van der Waals surface area contributed by atoms with Gasteiger partial charge in [-0.1, -0.05) is 12.1 Å². The minimum Gasteiger partial charge on any atom is -0.258 e. The summed E-state index contributed by atoms with van der Waals surface area (Å²) in [6, 6.07) is 10.8.